The molecule has 0 unspecified atom stereocenters. The molecule has 4 aliphatic rings. The maximum Gasteiger partial charge on any atom is 0.252 e. The van der Waals surface area contributed by atoms with E-state index in [0.717, 1.165) is 0 Å². The average molecular weight is 925 g/mol. The Balaban J connectivity index is 1.22. The van der Waals surface area contributed by atoms with Crippen molar-refractivity contribution in [2.24, 2.45) is 0 Å². The van der Waals surface area contributed by atoms with E-state index in [0.29, 0.717) is 11.8 Å². The molecule has 0 saturated heterocycles. The van der Waals surface area contributed by atoms with Crippen LogP contribution in [0.3, 0.4) is 0 Å². The fourth-order valence-electron chi connectivity index (χ4n) is 13.1. The third kappa shape index (κ3) is 8.34. The fraction of sp³-hybridized carbons (Fsp3) is 0.294. The molecule has 0 N–H and O–H groups in total. The molecule has 2 saturated carbocycles. The van der Waals surface area contributed by atoms with Crippen LogP contribution in [-0.2, 0) is 10.8 Å². The monoisotopic (exact) mass is 925 g/mol. The van der Waals surface area contributed by atoms with Gasteiger partial charge in [-0.15, -0.1) is 0 Å². The van der Waals surface area contributed by atoms with Gasteiger partial charge in [-0.1, -0.05) is 207 Å². The van der Waals surface area contributed by atoms with Crippen molar-refractivity contribution < 1.29 is 0 Å². The maximum absolute atomic E-state index is 2.69. The minimum Gasteiger partial charge on any atom is -0.311 e. The zero-order valence-corrected chi connectivity index (χ0v) is 42.9. The molecule has 2 fully saturated rings. The molecule has 0 radical (unpaired) electrons. The quantitative estimate of drug-likeness (QED) is 0.147. The summed E-state index contributed by atoms with van der Waals surface area (Å²) in [5, 5.41) is 0. The smallest absolute Gasteiger partial charge is 0.252 e. The van der Waals surface area contributed by atoms with Crippen molar-refractivity contribution >= 4 is 57.2 Å². The van der Waals surface area contributed by atoms with E-state index < -0.39 is 0 Å². The van der Waals surface area contributed by atoms with Gasteiger partial charge in [0.1, 0.15) is 0 Å². The molecule has 12 rings (SSSR count). The second kappa shape index (κ2) is 18.2. The van der Waals surface area contributed by atoms with Gasteiger partial charge in [-0.3, -0.25) is 0 Å². The van der Waals surface area contributed by atoms with Crippen molar-refractivity contribution in [3.8, 4) is 33.4 Å². The zero-order chi connectivity index (χ0) is 48.4. The Morgan fingerprint density at radius 3 is 1.15 bits per heavy atom. The van der Waals surface area contributed by atoms with Gasteiger partial charge in [0.15, 0.2) is 0 Å². The van der Waals surface area contributed by atoms with Gasteiger partial charge in [0.2, 0.25) is 0 Å². The molecule has 71 heavy (non-hydrogen) atoms. The normalized spacial score (nSPS) is 16.1. The molecule has 2 aliphatic carbocycles. The predicted molar refractivity (Wildman–Crippen MR) is 306 cm³/mol. The molecule has 8 aromatic carbocycles. The van der Waals surface area contributed by atoms with Crippen molar-refractivity contribution in [1.82, 2.24) is 0 Å². The summed E-state index contributed by atoms with van der Waals surface area (Å²) >= 11 is 0. The number of anilines is 6. The zero-order valence-electron chi connectivity index (χ0n) is 42.9. The highest BCUT2D eigenvalue weighted by atomic mass is 15.2. The first kappa shape index (κ1) is 45.6. The van der Waals surface area contributed by atoms with Gasteiger partial charge in [-0.2, -0.15) is 0 Å². The highest BCUT2D eigenvalue weighted by Crippen LogP contribution is 2.50. The predicted octanol–water partition coefficient (Wildman–Crippen LogP) is 17.5. The van der Waals surface area contributed by atoms with Gasteiger partial charge in [-0.25, -0.2) is 0 Å². The lowest BCUT2D eigenvalue weighted by Gasteiger charge is -2.46. The number of hydrogen-bond donors (Lipinski definition) is 0. The molecule has 2 nitrogen and oxygen atoms in total. The lowest BCUT2D eigenvalue weighted by molar-refractivity contribution is 0.443. The first-order valence-corrected chi connectivity index (χ1v) is 27.0. The number of benzene rings is 8. The lowest BCUT2D eigenvalue weighted by atomic mass is 9.33. The van der Waals surface area contributed by atoms with Crippen LogP contribution < -0.4 is 26.2 Å². The van der Waals surface area contributed by atoms with Crippen LogP contribution in [0.5, 0.6) is 0 Å². The van der Waals surface area contributed by atoms with E-state index in [9.17, 15) is 0 Å². The summed E-state index contributed by atoms with van der Waals surface area (Å²) in [5.41, 5.74) is 24.8. The van der Waals surface area contributed by atoms with Gasteiger partial charge in [0, 0.05) is 34.1 Å². The average Bonchev–Trinajstić information content (AvgIpc) is 3.40. The molecule has 2 aliphatic heterocycles. The summed E-state index contributed by atoms with van der Waals surface area (Å²) in [5.74, 6) is 1.17. The Kier molecular flexibility index (Phi) is 11.7. The first-order valence-electron chi connectivity index (χ1n) is 27.0. The molecule has 0 amide bonds. The molecule has 354 valence electrons. The van der Waals surface area contributed by atoms with E-state index in [4.69, 9.17) is 0 Å². The van der Waals surface area contributed by atoms with Gasteiger partial charge in [-0.05, 0) is 169 Å². The van der Waals surface area contributed by atoms with E-state index in [2.05, 4.69) is 227 Å². The van der Waals surface area contributed by atoms with E-state index >= 15 is 0 Å². The number of hydrogen-bond acceptors (Lipinski definition) is 2. The van der Waals surface area contributed by atoms with E-state index in [-0.39, 0.29) is 17.5 Å². The third-order valence-corrected chi connectivity index (χ3v) is 16.6. The van der Waals surface area contributed by atoms with Crippen LogP contribution in [0.4, 0.5) is 34.1 Å². The Morgan fingerprint density at radius 1 is 0.366 bits per heavy atom. The Morgan fingerprint density at radius 2 is 0.761 bits per heavy atom. The highest BCUT2D eigenvalue weighted by Gasteiger charge is 2.46. The number of rotatable bonds is 7. The Hall–Kier alpha value is -6.58. The van der Waals surface area contributed by atoms with Crippen molar-refractivity contribution in [1.29, 1.82) is 0 Å². The number of nitrogens with zero attached hydrogens (tertiary/aromatic N) is 2. The summed E-state index contributed by atoms with van der Waals surface area (Å²) in [6, 6.07) is 68.5. The van der Waals surface area contributed by atoms with Gasteiger partial charge in [0.05, 0.1) is 0 Å². The van der Waals surface area contributed by atoms with Crippen molar-refractivity contribution in [3.05, 3.63) is 198 Å². The summed E-state index contributed by atoms with van der Waals surface area (Å²) in [6.45, 7) is 14.4. The Bertz CT molecular complexity index is 3040. The second-order valence-electron chi connectivity index (χ2n) is 23.4. The van der Waals surface area contributed by atoms with Crippen LogP contribution in [0.25, 0.3) is 33.4 Å². The van der Waals surface area contributed by atoms with Crippen LogP contribution in [0, 0.1) is 0 Å². The van der Waals surface area contributed by atoms with E-state index in [1.165, 1.54) is 170 Å². The second-order valence-corrected chi connectivity index (χ2v) is 23.4. The first-order chi connectivity index (χ1) is 34.5. The van der Waals surface area contributed by atoms with Crippen LogP contribution in [0.15, 0.2) is 176 Å². The molecule has 0 atom stereocenters. The lowest BCUT2D eigenvalue weighted by Crippen LogP contribution is -2.61. The molecule has 2 heterocycles. The third-order valence-electron chi connectivity index (χ3n) is 16.6. The summed E-state index contributed by atoms with van der Waals surface area (Å²) in [6.07, 6.45) is 13.0. The standard InChI is InChI=1S/C68H69BN2/c1-67(2,3)58-44-60-62(42-56(58)49-30-18-10-19-31-49)70(54-36-22-34-51(38-54)46-24-12-7-13-25-46)64-40-53(48-28-16-9-17-29-48)41-65-66(64)69(60)61-45-59(68(4,5)6)57(50-32-20-11-21-33-50)43-63(61)71(65)55-37-23-35-52(39-55)47-26-14-8-15-27-47/h9-11,16-23,28-47H,7-8,12-15,24-27H2,1-6H3. The van der Waals surface area contributed by atoms with Crippen molar-refractivity contribution in [3.63, 3.8) is 0 Å². The van der Waals surface area contributed by atoms with Crippen molar-refractivity contribution in [2.45, 2.75) is 128 Å². The minimum atomic E-state index is -0.122. The molecule has 0 spiro atoms. The van der Waals surface area contributed by atoms with Gasteiger partial charge >= 0.3 is 0 Å². The Labute approximate surface area is 424 Å². The molecule has 0 aromatic heterocycles. The van der Waals surface area contributed by atoms with Crippen LogP contribution in [0.2, 0.25) is 0 Å². The highest BCUT2D eigenvalue weighted by molar-refractivity contribution is 7.00. The topological polar surface area (TPSA) is 6.48 Å². The SMILES string of the molecule is CC(C)(C)c1cc2c(cc1-c1ccccc1)N(c1cccc(C3CCCCC3)c1)c1cc(-c3ccccc3)cc3c1B2c1cc(C(C)(C)C)c(-c2ccccc2)cc1N3c1cccc(C2CCCCC2)c1. The molecule has 0 bridgehead atoms. The number of fused-ring (bicyclic) bond motifs is 4. The molecular weight excluding hydrogens is 856 g/mol. The minimum absolute atomic E-state index is 0.0257. The van der Waals surface area contributed by atoms with Gasteiger partial charge in [0.25, 0.3) is 6.71 Å². The van der Waals surface area contributed by atoms with Gasteiger partial charge < -0.3 is 9.80 Å². The van der Waals surface area contributed by atoms with Crippen LogP contribution >= 0.6 is 0 Å². The molecule has 8 aromatic rings. The summed E-state index contributed by atoms with van der Waals surface area (Å²) in [7, 11) is 0. The summed E-state index contributed by atoms with van der Waals surface area (Å²) < 4.78 is 0. The molecular formula is C68H69BN2. The van der Waals surface area contributed by atoms with E-state index in [1.807, 2.05) is 0 Å². The van der Waals surface area contributed by atoms with Crippen LogP contribution in [-0.4, -0.2) is 6.71 Å². The maximum atomic E-state index is 2.69. The van der Waals surface area contributed by atoms with Crippen LogP contribution in [0.1, 0.15) is 140 Å². The fourth-order valence-corrected chi connectivity index (χ4v) is 13.1. The van der Waals surface area contributed by atoms with Crippen molar-refractivity contribution in [2.75, 3.05) is 9.80 Å². The summed E-state index contributed by atoms with van der Waals surface area (Å²) in [4.78, 5) is 5.37. The van der Waals surface area contributed by atoms with E-state index in [1.54, 1.807) is 0 Å². The molecule has 3 heteroatoms. The largest absolute Gasteiger partial charge is 0.311 e.